The molecule has 1 aliphatic rings. The smallest absolute Gasteiger partial charge is 0.0213 e. The Bertz CT molecular complexity index is 482. The van der Waals surface area contributed by atoms with Gasteiger partial charge in [-0.1, -0.05) is 48.6 Å². The Labute approximate surface area is 135 Å². The maximum absolute atomic E-state index is 3.41. The van der Waals surface area contributed by atoms with Gasteiger partial charge >= 0.3 is 0 Å². The van der Waals surface area contributed by atoms with E-state index in [4.69, 9.17) is 0 Å². The minimum Gasteiger partial charge on any atom is -0.317 e. The van der Waals surface area contributed by atoms with Crippen LogP contribution in [0.25, 0.3) is 0 Å². The monoisotopic (exact) mass is 298 g/mol. The number of hydrogen-bond donors (Lipinski definition) is 1. The molecule has 1 saturated heterocycles. The van der Waals surface area contributed by atoms with E-state index in [1.54, 1.807) is 0 Å². The highest BCUT2D eigenvalue weighted by atomic mass is 15.1. The molecule has 1 aliphatic heterocycles. The van der Waals surface area contributed by atoms with E-state index in [0.29, 0.717) is 12.0 Å². The lowest BCUT2D eigenvalue weighted by Gasteiger charge is -2.34. The molecule has 0 aliphatic carbocycles. The van der Waals surface area contributed by atoms with Crippen molar-refractivity contribution in [1.82, 2.24) is 10.2 Å². The van der Waals surface area contributed by atoms with E-state index in [2.05, 4.69) is 79.7 Å². The second-order valence-corrected chi connectivity index (χ2v) is 6.12. The molecule has 1 aromatic carbocycles. The van der Waals surface area contributed by atoms with E-state index in [1.807, 2.05) is 0 Å². The van der Waals surface area contributed by atoms with Crippen LogP contribution in [-0.4, -0.2) is 37.6 Å². The van der Waals surface area contributed by atoms with Crippen molar-refractivity contribution in [2.45, 2.75) is 38.6 Å². The maximum Gasteiger partial charge on any atom is 0.0213 e. The Morgan fingerprint density at radius 1 is 1.23 bits per heavy atom. The van der Waals surface area contributed by atoms with Gasteiger partial charge in [-0.15, -0.1) is 0 Å². The second-order valence-electron chi connectivity index (χ2n) is 6.12. The zero-order valence-electron chi connectivity index (χ0n) is 14.3. The first-order valence-corrected chi connectivity index (χ1v) is 8.52. The Kier molecular flexibility index (Phi) is 6.88. The van der Waals surface area contributed by atoms with Crippen molar-refractivity contribution in [3.8, 4) is 0 Å². The molecular weight excluding hydrogens is 268 g/mol. The van der Waals surface area contributed by atoms with Crippen molar-refractivity contribution < 1.29 is 0 Å². The molecule has 1 atom stereocenters. The van der Waals surface area contributed by atoms with Crippen molar-refractivity contribution in [3.05, 3.63) is 59.7 Å². The molecule has 22 heavy (non-hydrogen) atoms. The maximum atomic E-state index is 3.41. The first kappa shape index (κ1) is 17.0. The van der Waals surface area contributed by atoms with Crippen LogP contribution < -0.4 is 5.32 Å². The third kappa shape index (κ3) is 4.56. The average Bonchev–Trinajstić information content (AvgIpc) is 2.59. The molecule has 1 unspecified atom stereocenters. The van der Waals surface area contributed by atoms with Crippen molar-refractivity contribution in [3.63, 3.8) is 0 Å². The number of rotatable bonds is 6. The van der Waals surface area contributed by atoms with Gasteiger partial charge in [0.1, 0.15) is 0 Å². The average molecular weight is 298 g/mol. The minimum atomic E-state index is 0.466. The predicted octanol–water partition coefficient (Wildman–Crippen LogP) is 3.98. The van der Waals surface area contributed by atoms with Gasteiger partial charge in [-0.25, -0.2) is 0 Å². The van der Waals surface area contributed by atoms with Crippen LogP contribution in [0.3, 0.4) is 0 Å². The molecule has 0 saturated carbocycles. The fraction of sp³-hybridized carbons (Fsp3) is 0.500. The molecule has 2 heteroatoms. The summed E-state index contributed by atoms with van der Waals surface area (Å²) in [7, 11) is 2.08. The highest BCUT2D eigenvalue weighted by Gasteiger charge is 2.22. The van der Waals surface area contributed by atoms with Gasteiger partial charge in [-0.3, -0.25) is 0 Å². The minimum absolute atomic E-state index is 0.466. The molecule has 1 heterocycles. The van der Waals surface area contributed by atoms with Gasteiger partial charge in [0, 0.05) is 18.5 Å². The van der Waals surface area contributed by atoms with Crippen LogP contribution in [0.1, 0.15) is 38.2 Å². The Morgan fingerprint density at radius 3 is 2.45 bits per heavy atom. The fourth-order valence-corrected chi connectivity index (χ4v) is 3.36. The summed E-state index contributed by atoms with van der Waals surface area (Å²) < 4.78 is 0. The van der Waals surface area contributed by atoms with E-state index < -0.39 is 0 Å². The predicted molar refractivity (Wildman–Crippen MR) is 96.3 cm³/mol. The molecule has 1 fully saturated rings. The summed E-state index contributed by atoms with van der Waals surface area (Å²) >= 11 is 0. The van der Waals surface area contributed by atoms with Gasteiger partial charge in [0.05, 0.1) is 0 Å². The number of nitrogens with one attached hydrogen (secondary N) is 1. The zero-order chi connectivity index (χ0) is 15.8. The van der Waals surface area contributed by atoms with E-state index in [-0.39, 0.29) is 0 Å². The van der Waals surface area contributed by atoms with Crippen LogP contribution in [0, 0.1) is 0 Å². The lowest BCUT2D eigenvalue weighted by molar-refractivity contribution is 0.196. The molecule has 0 radical (unpaired) electrons. The molecule has 0 bridgehead atoms. The normalized spacial score (nSPS) is 19.7. The summed E-state index contributed by atoms with van der Waals surface area (Å²) in [5, 5.41) is 3.41. The summed E-state index contributed by atoms with van der Waals surface area (Å²) in [6, 6.07) is 11.6. The van der Waals surface area contributed by atoms with Crippen molar-refractivity contribution in [2.24, 2.45) is 0 Å². The zero-order valence-corrected chi connectivity index (χ0v) is 14.3. The van der Waals surface area contributed by atoms with Crippen LogP contribution >= 0.6 is 0 Å². The highest BCUT2D eigenvalue weighted by Crippen LogP contribution is 2.27. The molecule has 120 valence electrons. The van der Waals surface area contributed by atoms with Gasteiger partial charge in [-0.2, -0.15) is 0 Å². The third-order valence-corrected chi connectivity index (χ3v) is 4.73. The van der Waals surface area contributed by atoms with Crippen LogP contribution in [0.15, 0.2) is 54.1 Å². The second kappa shape index (κ2) is 8.92. The largest absolute Gasteiger partial charge is 0.317 e. The lowest BCUT2D eigenvalue weighted by Crippen LogP contribution is -2.42. The lowest BCUT2D eigenvalue weighted by atomic mass is 9.89. The summed E-state index contributed by atoms with van der Waals surface area (Å²) in [5.74, 6) is 0.466. The Hall–Kier alpha value is -1.38. The first-order chi connectivity index (χ1) is 10.8. The third-order valence-electron chi connectivity index (χ3n) is 4.73. The first-order valence-electron chi connectivity index (χ1n) is 8.52. The van der Waals surface area contributed by atoms with Crippen LogP contribution in [-0.2, 0) is 0 Å². The molecule has 2 nitrogen and oxygen atoms in total. The summed E-state index contributed by atoms with van der Waals surface area (Å²) in [6.07, 6.45) is 9.19. The van der Waals surface area contributed by atoms with Crippen molar-refractivity contribution in [1.29, 1.82) is 0 Å². The van der Waals surface area contributed by atoms with E-state index in [9.17, 15) is 0 Å². The van der Waals surface area contributed by atoms with Crippen molar-refractivity contribution >= 4 is 0 Å². The van der Waals surface area contributed by atoms with Crippen molar-refractivity contribution in [2.75, 3.05) is 26.7 Å². The van der Waals surface area contributed by atoms with Gasteiger partial charge in [0.2, 0.25) is 0 Å². The standard InChI is InChI=1S/C20H30N2/c1-4-9-17(5-2)20(18-10-7-6-8-11-18)16-22-14-12-19(21-3)13-15-22/h4-11,19-21H,12-16H2,1-3H3/b9-4-,17-5+. The van der Waals surface area contributed by atoms with Crippen LogP contribution in [0.4, 0.5) is 0 Å². The number of benzene rings is 1. The summed E-state index contributed by atoms with van der Waals surface area (Å²) in [5.41, 5.74) is 2.84. The quantitative estimate of drug-likeness (QED) is 0.799. The molecule has 0 aromatic heterocycles. The number of allylic oxidation sites excluding steroid dienone is 3. The number of hydrogen-bond acceptors (Lipinski definition) is 2. The number of nitrogens with zero attached hydrogens (tertiary/aromatic N) is 1. The number of likely N-dealkylation sites (tertiary alicyclic amines) is 1. The molecule has 0 spiro atoms. The van der Waals surface area contributed by atoms with Gasteiger partial charge in [0.15, 0.2) is 0 Å². The SMILES string of the molecule is C/C=C\C(=C/C)C(CN1CCC(NC)CC1)c1ccccc1. The molecule has 0 amide bonds. The van der Waals surface area contributed by atoms with E-state index in [1.165, 1.54) is 37.1 Å². The van der Waals surface area contributed by atoms with Gasteiger partial charge in [-0.05, 0) is 58.0 Å². The number of piperidine rings is 1. The Morgan fingerprint density at radius 2 is 1.91 bits per heavy atom. The molecule has 1 aromatic rings. The van der Waals surface area contributed by atoms with Gasteiger partial charge < -0.3 is 10.2 Å². The summed E-state index contributed by atoms with van der Waals surface area (Å²) in [4.78, 5) is 2.62. The van der Waals surface area contributed by atoms with Gasteiger partial charge in [0.25, 0.3) is 0 Å². The fourth-order valence-electron chi connectivity index (χ4n) is 3.36. The van der Waals surface area contributed by atoms with E-state index in [0.717, 1.165) is 6.54 Å². The van der Waals surface area contributed by atoms with E-state index >= 15 is 0 Å². The molecular formula is C20H30N2. The van der Waals surface area contributed by atoms with Crippen LogP contribution in [0.5, 0.6) is 0 Å². The topological polar surface area (TPSA) is 15.3 Å². The van der Waals surface area contributed by atoms with Crippen LogP contribution in [0.2, 0.25) is 0 Å². The highest BCUT2D eigenvalue weighted by molar-refractivity contribution is 5.35. The Balaban J connectivity index is 2.12. The summed E-state index contributed by atoms with van der Waals surface area (Å²) in [6.45, 7) is 7.76. The molecule has 2 rings (SSSR count). The molecule has 1 N–H and O–H groups in total.